The molecule has 2 N–H and O–H groups in total. The smallest absolute Gasteiger partial charge is 0.0613 e. The molecule has 1 heterocycles. The summed E-state index contributed by atoms with van der Waals surface area (Å²) in [5.41, 5.74) is -0.0367. The molecule has 1 saturated heterocycles. The molecule has 1 saturated carbocycles. The SMILES string of the molecule is CNC1(CO)CCCC(N2CCN(CCN(C)C)CC2)C1. The summed E-state index contributed by atoms with van der Waals surface area (Å²) >= 11 is 0. The Balaban J connectivity index is 1.79. The molecule has 2 unspecified atom stereocenters. The molecule has 124 valence electrons. The Morgan fingerprint density at radius 2 is 1.95 bits per heavy atom. The van der Waals surface area contributed by atoms with Gasteiger partial charge in [0.2, 0.25) is 0 Å². The average Bonchev–Trinajstić information content (AvgIpc) is 2.53. The number of hydrogen-bond donors (Lipinski definition) is 2. The third kappa shape index (κ3) is 4.63. The number of aliphatic hydroxyl groups excluding tert-OH is 1. The van der Waals surface area contributed by atoms with Gasteiger partial charge >= 0.3 is 0 Å². The Morgan fingerprint density at radius 3 is 2.52 bits per heavy atom. The van der Waals surface area contributed by atoms with Gasteiger partial charge in [0.05, 0.1) is 6.61 Å². The normalized spacial score (nSPS) is 32.7. The molecule has 5 heteroatoms. The Kier molecular flexibility index (Phi) is 6.44. The van der Waals surface area contributed by atoms with Crippen LogP contribution < -0.4 is 5.32 Å². The van der Waals surface area contributed by atoms with E-state index in [0.717, 1.165) is 19.4 Å². The number of nitrogens with one attached hydrogen (secondary N) is 1. The molecule has 0 aromatic carbocycles. The molecule has 2 atom stereocenters. The van der Waals surface area contributed by atoms with E-state index in [2.05, 4.69) is 34.1 Å². The first kappa shape index (κ1) is 17.2. The first-order valence-corrected chi connectivity index (χ1v) is 8.49. The molecule has 2 fully saturated rings. The van der Waals surface area contributed by atoms with Crippen molar-refractivity contribution in [2.45, 2.75) is 37.3 Å². The minimum absolute atomic E-state index is 0.0367. The van der Waals surface area contributed by atoms with Gasteiger partial charge in [-0.2, -0.15) is 0 Å². The van der Waals surface area contributed by atoms with Crippen LogP contribution in [0.2, 0.25) is 0 Å². The lowest BCUT2D eigenvalue weighted by molar-refractivity contribution is 0.0341. The minimum Gasteiger partial charge on any atom is -0.394 e. The van der Waals surface area contributed by atoms with Crippen LogP contribution in [0.3, 0.4) is 0 Å². The summed E-state index contributed by atoms with van der Waals surface area (Å²) in [6, 6.07) is 0.648. The topological polar surface area (TPSA) is 42.0 Å². The van der Waals surface area contributed by atoms with Gasteiger partial charge in [0.25, 0.3) is 0 Å². The van der Waals surface area contributed by atoms with Gasteiger partial charge in [-0.15, -0.1) is 0 Å². The lowest BCUT2D eigenvalue weighted by Gasteiger charge is -2.46. The fraction of sp³-hybridized carbons (Fsp3) is 1.00. The first-order chi connectivity index (χ1) is 10.1. The molecule has 0 radical (unpaired) electrons. The lowest BCUT2D eigenvalue weighted by Crippen LogP contribution is -2.58. The van der Waals surface area contributed by atoms with Crippen molar-refractivity contribution in [3.63, 3.8) is 0 Å². The summed E-state index contributed by atoms with van der Waals surface area (Å²) in [7, 11) is 6.28. The van der Waals surface area contributed by atoms with Gasteiger partial charge < -0.3 is 15.3 Å². The zero-order chi connectivity index (χ0) is 15.3. The van der Waals surface area contributed by atoms with Crippen molar-refractivity contribution >= 4 is 0 Å². The molecule has 0 amide bonds. The minimum atomic E-state index is -0.0367. The van der Waals surface area contributed by atoms with Gasteiger partial charge in [-0.05, 0) is 46.8 Å². The van der Waals surface area contributed by atoms with Gasteiger partial charge in [-0.25, -0.2) is 0 Å². The standard InChI is InChI=1S/C16H34N4O/c1-17-16(14-21)6-4-5-15(13-16)20-11-9-19(10-12-20)8-7-18(2)3/h15,17,21H,4-14H2,1-3H3. The number of piperazine rings is 1. The molecule has 21 heavy (non-hydrogen) atoms. The Hall–Kier alpha value is -0.200. The Morgan fingerprint density at radius 1 is 1.24 bits per heavy atom. The van der Waals surface area contributed by atoms with Gasteiger partial charge in [-0.3, -0.25) is 9.80 Å². The highest BCUT2D eigenvalue weighted by Crippen LogP contribution is 2.31. The van der Waals surface area contributed by atoms with Gasteiger partial charge in [-0.1, -0.05) is 0 Å². The second-order valence-corrected chi connectivity index (χ2v) is 7.12. The van der Waals surface area contributed by atoms with Crippen molar-refractivity contribution in [3.05, 3.63) is 0 Å². The van der Waals surface area contributed by atoms with Crippen LogP contribution >= 0.6 is 0 Å². The molecule has 2 rings (SSSR count). The van der Waals surface area contributed by atoms with Crippen molar-refractivity contribution in [3.8, 4) is 0 Å². The van der Waals surface area contributed by atoms with E-state index in [0.29, 0.717) is 6.04 Å². The van der Waals surface area contributed by atoms with Crippen LogP contribution in [-0.4, -0.2) is 98.4 Å². The maximum atomic E-state index is 9.73. The van der Waals surface area contributed by atoms with Crippen LogP contribution in [0.15, 0.2) is 0 Å². The number of aliphatic hydroxyl groups is 1. The van der Waals surface area contributed by atoms with Crippen LogP contribution in [-0.2, 0) is 0 Å². The Bertz CT molecular complexity index is 299. The lowest BCUT2D eigenvalue weighted by atomic mass is 9.79. The quantitative estimate of drug-likeness (QED) is 0.726. The van der Waals surface area contributed by atoms with Crippen molar-refractivity contribution in [2.24, 2.45) is 0 Å². The van der Waals surface area contributed by atoms with Crippen molar-refractivity contribution in [2.75, 3.05) is 67.0 Å². The first-order valence-electron chi connectivity index (χ1n) is 8.49. The van der Waals surface area contributed by atoms with E-state index in [1.807, 2.05) is 7.05 Å². The largest absolute Gasteiger partial charge is 0.394 e. The maximum absolute atomic E-state index is 9.73. The van der Waals surface area contributed by atoms with E-state index in [4.69, 9.17) is 0 Å². The van der Waals surface area contributed by atoms with E-state index in [1.165, 1.54) is 45.6 Å². The molecule has 0 spiro atoms. The summed E-state index contributed by atoms with van der Waals surface area (Å²) in [5, 5.41) is 13.1. The molecule has 1 aliphatic heterocycles. The van der Waals surface area contributed by atoms with Crippen molar-refractivity contribution < 1.29 is 5.11 Å². The van der Waals surface area contributed by atoms with Gasteiger partial charge in [0.15, 0.2) is 0 Å². The molecular weight excluding hydrogens is 264 g/mol. The van der Waals surface area contributed by atoms with Crippen LogP contribution in [0.1, 0.15) is 25.7 Å². The molecule has 0 aromatic rings. The molecular formula is C16H34N4O. The van der Waals surface area contributed by atoms with Crippen LogP contribution in [0.5, 0.6) is 0 Å². The van der Waals surface area contributed by atoms with E-state index in [1.54, 1.807) is 0 Å². The third-order valence-electron chi connectivity index (χ3n) is 5.44. The highest BCUT2D eigenvalue weighted by atomic mass is 16.3. The number of likely N-dealkylation sites (N-methyl/N-ethyl adjacent to an activating group) is 2. The molecule has 0 aromatic heterocycles. The summed E-state index contributed by atoms with van der Waals surface area (Å²) in [6.07, 6.45) is 4.73. The summed E-state index contributed by atoms with van der Waals surface area (Å²) in [5.74, 6) is 0. The second kappa shape index (κ2) is 7.88. The van der Waals surface area contributed by atoms with Crippen LogP contribution in [0.4, 0.5) is 0 Å². The number of hydrogen-bond acceptors (Lipinski definition) is 5. The van der Waals surface area contributed by atoms with E-state index >= 15 is 0 Å². The molecule has 5 nitrogen and oxygen atoms in total. The summed E-state index contributed by atoms with van der Waals surface area (Å²) < 4.78 is 0. The highest BCUT2D eigenvalue weighted by molar-refractivity contribution is 4.96. The van der Waals surface area contributed by atoms with Crippen molar-refractivity contribution in [1.82, 2.24) is 20.0 Å². The zero-order valence-electron chi connectivity index (χ0n) is 14.1. The van der Waals surface area contributed by atoms with Crippen LogP contribution in [0.25, 0.3) is 0 Å². The number of nitrogens with zero attached hydrogens (tertiary/aromatic N) is 3. The Labute approximate surface area is 130 Å². The summed E-state index contributed by atoms with van der Waals surface area (Å²) in [4.78, 5) is 7.50. The van der Waals surface area contributed by atoms with Crippen LogP contribution in [0, 0.1) is 0 Å². The van der Waals surface area contributed by atoms with E-state index in [9.17, 15) is 5.11 Å². The fourth-order valence-corrected chi connectivity index (χ4v) is 3.79. The van der Waals surface area contributed by atoms with E-state index < -0.39 is 0 Å². The predicted molar refractivity (Wildman–Crippen MR) is 87.7 cm³/mol. The zero-order valence-corrected chi connectivity index (χ0v) is 14.1. The highest BCUT2D eigenvalue weighted by Gasteiger charge is 2.37. The maximum Gasteiger partial charge on any atom is 0.0613 e. The molecule has 2 aliphatic rings. The molecule has 0 bridgehead atoms. The second-order valence-electron chi connectivity index (χ2n) is 7.12. The van der Waals surface area contributed by atoms with Crippen molar-refractivity contribution in [1.29, 1.82) is 0 Å². The monoisotopic (exact) mass is 298 g/mol. The number of rotatable bonds is 6. The fourth-order valence-electron chi connectivity index (χ4n) is 3.79. The van der Waals surface area contributed by atoms with E-state index in [-0.39, 0.29) is 12.1 Å². The third-order valence-corrected chi connectivity index (χ3v) is 5.44. The molecule has 1 aliphatic carbocycles. The van der Waals surface area contributed by atoms with Gasteiger partial charge in [0.1, 0.15) is 0 Å². The average molecular weight is 298 g/mol. The summed E-state index contributed by atoms with van der Waals surface area (Å²) in [6.45, 7) is 7.35. The van der Waals surface area contributed by atoms with Gasteiger partial charge in [0, 0.05) is 50.8 Å². The predicted octanol–water partition coefficient (Wildman–Crippen LogP) is 0.0587.